The first kappa shape index (κ1) is 22.7. The highest BCUT2D eigenvalue weighted by Gasteiger charge is 2.51. The number of carbonyl (C=O) groups is 2. The normalized spacial score (nSPS) is 13.6. The van der Waals surface area contributed by atoms with E-state index in [2.05, 4.69) is 13.8 Å². The van der Waals surface area contributed by atoms with Crippen molar-refractivity contribution in [1.82, 2.24) is 0 Å². The molecule has 29 heavy (non-hydrogen) atoms. The predicted octanol–water partition coefficient (Wildman–Crippen LogP) is 6.06. The fourth-order valence-corrected chi connectivity index (χ4v) is 3.70. The summed E-state index contributed by atoms with van der Waals surface area (Å²) in [6.45, 7) is 9.88. The van der Waals surface area contributed by atoms with Crippen LogP contribution in [0.3, 0.4) is 0 Å². The predicted molar refractivity (Wildman–Crippen MR) is 115 cm³/mol. The molecule has 0 bridgehead atoms. The lowest BCUT2D eigenvalue weighted by Crippen LogP contribution is -2.56. The third-order valence-corrected chi connectivity index (χ3v) is 5.14. The molecule has 4 nitrogen and oxygen atoms in total. The Kier molecular flexibility index (Phi) is 7.60. The van der Waals surface area contributed by atoms with E-state index in [-0.39, 0.29) is 5.92 Å². The minimum atomic E-state index is -1.01. The van der Waals surface area contributed by atoms with Gasteiger partial charge in [-0.1, -0.05) is 63.6 Å². The minimum absolute atomic E-state index is 0.250. The number of hydrogen-bond acceptors (Lipinski definition) is 4. The van der Waals surface area contributed by atoms with Gasteiger partial charge in [0.15, 0.2) is 5.60 Å². The minimum Gasteiger partial charge on any atom is -0.452 e. The van der Waals surface area contributed by atoms with Gasteiger partial charge in [0.2, 0.25) is 0 Å². The maximum atomic E-state index is 13.0. The van der Waals surface area contributed by atoms with Crippen LogP contribution in [0.25, 0.3) is 0 Å². The zero-order valence-corrected chi connectivity index (χ0v) is 18.1. The van der Waals surface area contributed by atoms with Crippen LogP contribution in [0, 0.1) is 5.92 Å². The van der Waals surface area contributed by atoms with Crippen molar-refractivity contribution in [3.8, 4) is 0 Å². The van der Waals surface area contributed by atoms with Crippen molar-refractivity contribution < 1.29 is 19.1 Å². The highest BCUT2D eigenvalue weighted by Crippen LogP contribution is 2.40. The Morgan fingerprint density at radius 2 is 1.28 bits per heavy atom. The van der Waals surface area contributed by atoms with E-state index >= 15 is 0 Å². The Balaban J connectivity index is 2.38. The van der Waals surface area contributed by atoms with E-state index in [0.29, 0.717) is 24.0 Å². The topological polar surface area (TPSA) is 52.6 Å². The Labute approximate surface area is 174 Å². The average Bonchev–Trinajstić information content (AvgIpc) is 2.68. The van der Waals surface area contributed by atoms with Gasteiger partial charge in [0, 0.05) is 0 Å². The summed E-state index contributed by atoms with van der Waals surface area (Å²) in [6, 6.07) is 17.8. The number of benzene rings is 2. The van der Waals surface area contributed by atoms with Gasteiger partial charge in [-0.2, -0.15) is 0 Å². The van der Waals surface area contributed by atoms with Crippen LogP contribution >= 0.6 is 0 Å². The summed E-state index contributed by atoms with van der Waals surface area (Å²) < 4.78 is 12.1. The summed E-state index contributed by atoms with van der Waals surface area (Å²) >= 11 is 0. The van der Waals surface area contributed by atoms with Crippen molar-refractivity contribution in [2.45, 2.75) is 65.1 Å². The molecule has 0 N–H and O–H groups in total. The number of esters is 2. The van der Waals surface area contributed by atoms with Crippen molar-refractivity contribution in [2.75, 3.05) is 0 Å². The maximum Gasteiger partial charge on any atom is 0.338 e. The first-order chi connectivity index (χ1) is 13.7. The molecule has 2 rings (SSSR count). The molecular weight excluding hydrogens is 364 g/mol. The van der Waals surface area contributed by atoms with Crippen LogP contribution in [0.2, 0.25) is 0 Å². The molecule has 0 spiro atoms. The van der Waals surface area contributed by atoms with Crippen LogP contribution in [0.5, 0.6) is 0 Å². The van der Waals surface area contributed by atoms with Crippen LogP contribution in [0.1, 0.15) is 74.6 Å². The Hall–Kier alpha value is -2.62. The van der Waals surface area contributed by atoms with Crippen LogP contribution in [-0.4, -0.2) is 23.1 Å². The number of hydrogen-bond donors (Lipinski definition) is 0. The molecule has 2 aromatic carbocycles. The summed E-state index contributed by atoms with van der Waals surface area (Å²) in [5.41, 5.74) is -0.982. The molecule has 0 saturated heterocycles. The van der Waals surface area contributed by atoms with Gasteiger partial charge >= 0.3 is 11.9 Å². The molecule has 1 unspecified atom stereocenters. The van der Waals surface area contributed by atoms with Gasteiger partial charge in [0.05, 0.1) is 11.1 Å². The molecule has 0 saturated carbocycles. The summed E-state index contributed by atoms with van der Waals surface area (Å²) in [5, 5.41) is 0. The van der Waals surface area contributed by atoms with Gasteiger partial charge in [-0.3, -0.25) is 0 Å². The molecule has 0 radical (unpaired) electrons. The van der Waals surface area contributed by atoms with E-state index < -0.39 is 23.1 Å². The van der Waals surface area contributed by atoms with Gasteiger partial charge < -0.3 is 9.47 Å². The quantitative estimate of drug-likeness (QED) is 0.483. The van der Waals surface area contributed by atoms with Gasteiger partial charge in [0.1, 0.15) is 5.60 Å². The van der Waals surface area contributed by atoms with E-state index in [4.69, 9.17) is 9.47 Å². The van der Waals surface area contributed by atoms with Crippen molar-refractivity contribution in [2.24, 2.45) is 5.92 Å². The lowest BCUT2D eigenvalue weighted by atomic mass is 9.75. The molecule has 0 heterocycles. The summed E-state index contributed by atoms with van der Waals surface area (Å²) in [6.07, 6.45) is 1.98. The molecule has 156 valence electrons. The summed E-state index contributed by atoms with van der Waals surface area (Å²) in [7, 11) is 0. The van der Waals surface area contributed by atoms with E-state index in [1.807, 2.05) is 32.9 Å². The average molecular weight is 397 g/mol. The van der Waals surface area contributed by atoms with Crippen LogP contribution in [-0.2, 0) is 9.47 Å². The van der Waals surface area contributed by atoms with Crippen molar-refractivity contribution in [3.05, 3.63) is 71.8 Å². The molecule has 0 aromatic heterocycles. The van der Waals surface area contributed by atoms with Crippen molar-refractivity contribution in [1.29, 1.82) is 0 Å². The molecule has 0 fully saturated rings. The molecule has 0 aliphatic carbocycles. The summed E-state index contributed by atoms with van der Waals surface area (Å²) in [5.74, 6) is -0.570. The standard InChI is InChI=1S/C25H32O4/c1-6-17-25(18-19(2)3,29-23(27)21-15-11-8-12-16-21)24(4,5)28-22(26)20-13-9-7-10-14-20/h7-16,19H,6,17-18H2,1-5H3. The van der Waals surface area contributed by atoms with Crippen molar-refractivity contribution >= 4 is 11.9 Å². The SMILES string of the molecule is CCCC(CC(C)C)(OC(=O)c1ccccc1)C(C)(C)OC(=O)c1ccccc1. The van der Waals surface area contributed by atoms with Gasteiger partial charge in [-0.05, 0) is 56.9 Å². The van der Waals surface area contributed by atoms with E-state index in [9.17, 15) is 9.59 Å². The lowest BCUT2D eigenvalue weighted by molar-refractivity contribution is -0.154. The first-order valence-corrected chi connectivity index (χ1v) is 10.3. The highest BCUT2D eigenvalue weighted by molar-refractivity contribution is 5.90. The molecule has 0 amide bonds. The second kappa shape index (κ2) is 9.73. The van der Waals surface area contributed by atoms with Crippen LogP contribution in [0.4, 0.5) is 0 Å². The lowest BCUT2D eigenvalue weighted by Gasteiger charge is -2.46. The number of rotatable bonds is 9. The number of carbonyl (C=O) groups excluding carboxylic acids is 2. The van der Waals surface area contributed by atoms with Crippen LogP contribution < -0.4 is 0 Å². The maximum absolute atomic E-state index is 13.0. The first-order valence-electron chi connectivity index (χ1n) is 10.3. The summed E-state index contributed by atoms with van der Waals surface area (Å²) in [4.78, 5) is 25.7. The second-order valence-electron chi connectivity index (χ2n) is 8.36. The molecule has 0 aliphatic rings. The third kappa shape index (κ3) is 5.69. The zero-order valence-electron chi connectivity index (χ0n) is 18.1. The van der Waals surface area contributed by atoms with Gasteiger partial charge in [-0.25, -0.2) is 9.59 Å². The van der Waals surface area contributed by atoms with E-state index in [1.54, 1.807) is 48.5 Å². The monoisotopic (exact) mass is 396 g/mol. The molecule has 0 aliphatic heterocycles. The Morgan fingerprint density at radius 1 is 0.828 bits per heavy atom. The Morgan fingerprint density at radius 3 is 1.69 bits per heavy atom. The molecule has 2 aromatic rings. The molecular formula is C25H32O4. The fourth-order valence-electron chi connectivity index (χ4n) is 3.70. The fraction of sp³-hybridized carbons (Fsp3) is 0.440. The zero-order chi connectivity index (χ0) is 21.5. The van der Waals surface area contributed by atoms with E-state index in [0.717, 1.165) is 6.42 Å². The van der Waals surface area contributed by atoms with Crippen LogP contribution in [0.15, 0.2) is 60.7 Å². The van der Waals surface area contributed by atoms with Gasteiger partial charge in [-0.15, -0.1) is 0 Å². The van der Waals surface area contributed by atoms with E-state index in [1.165, 1.54) is 0 Å². The van der Waals surface area contributed by atoms with Crippen molar-refractivity contribution in [3.63, 3.8) is 0 Å². The highest BCUT2D eigenvalue weighted by atomic mass is 16.6. The Bertz CT molecular complexity index is 796. The smallest absolute Gasteiger partial charge is 0.338 e. The number of ether oxygens (including phenoxy) is 2. The van der Waals surface area contributed by atoms with Gasteiger partial charge in [0.25, 0.3) is 0 Å². The third-order valence-electron chi connectivity index (χ3n) is 5.14. The molecule has 4 heteroatoms. The largest absolute Gasteiger partial charge is 0.452 e. The molecule has 1 atom stereocenters. The second-order valence-corrected chi connectivity index (χ2v) is 8.36.